The van der Waals surface area contributed by atoms with Crippen molar-refractivity contribution in [3.05, 3.63) is 69.3 Å². The third kappa shape index (κ3) is 2.20. The zero-order chi connectivity index (χ0) is 16.0. The van der Waals surface area contributed by atoms with Crippen LogP contribution >= 0.6 is 15.9 Å². The summed E-state index contributed by atoms with van der Waals surface area (Å²) in [6, 6.07) is 14.8. The van der Waals surface area contributed by atoms with Crippen molar-refractivity contribution < 1.29 is 4.79 Å². The van der Waals surface area contributed by atoms with Gasteiger partial charge < -0.3 is 0 Å². The number of anilines is 2. The Balaban J connectivity index is 2.04. The minimum Gasteiger partial charge on any atom is -0.279 e. The molecule has 0 radical (unpaired) electrons. The van der Waals surface area contributed by atoms with Crippen molar-refractivity contribution in [3.8, 4) is 5.69 Å². The molecule has 2 heterocycles. The van der Waals surface area contributed by atoms with Gasteiger partial charge in [0.2, 0.25) is 5.91 Å². The first-order chi connectivity index (χ1) is 11.1. The van der Waals surface area contributed by atoms with Gasteiger partial charge in [-0.25, -0.2) is 14.5 Å². The molecule has 7 heteroatoms. The molecule has 2 aromatic carbocycles. The Bertz CT molecular complexity index is 962. The first-order valence-electron chi connectivity index (χ1n) is 6.99. The SMILES string of the molecule is O=C1Cc2n[nH]c(=O)n2-c2ccc(Br)cc2N1c1ccccc1. The average molecular weight is 371 g/mol. The Morgan fingerprint density at radius 1 is 1.04 bits per heavy atom. The highest BCUT2D eigenvalue weighted by Gasteiger charge is 2.29. The Morgan fingerprint density at radius 2 is 1.83 bits per heavy atom. The van der Waals surface area contributed by atoms with Crippen LogP contribution < -0.4 is 10.6 Å². The molecule has 0 bridgehead atoms. The van der Waals surface area contributed by atoms with E-state index >= 15 is 0 Å². The monoisotopic (exact) mass is 370 g/mol. The molecule has 1 N–H and O–H groups in total. The summed E-state index contributed by atoms with van der Waals surface area (Å²) in [6.07, 6.45) is 0.0416. The Hall–Kier alpha value is -2.67. The van der Waals surface area contributed by atoms with Crippen LogP contribution in [0.3, 0.4) is 0 Å². The van der Waals surface area contributed by atoms with Crippen LogP contribution in [0.15, 0.2) is 57.8 Å². The number of nitrogens with zero attached hydrogens (tertiary/aromatic N) is 3. The van der Waals surface area contributed by atoms with Crippen molar-refractivity contribution in [1.29, 1.82) is 0 Å². The molecule has 6 nitrogen and oxygen atoms in total. The summed E-state index contributed by atoms with van der Waals surface area (Å²) < 4.78 is 2.27. The van der Waals surface area contributed by atoms with Crippen LogP contribution in [0.25, 0.3) is 5.69 Å². The van der Waals surface area contributed by atoms with Gasteiger partial charge in [0.05, 0.1) is 17.8 Å². The molecule has 23 heavy (non-hydrogen) atoms. The lowest BCUT2D eigenvalue weighted by Gasteiger charge is -2.23. The highest BCUT2D eigenvalue weighted by molar-refractivity contribution is 9.10. The van der Waals surface area contributed by atoms with E-state index in [9.17, 15) is 9.59 Å². The topological polar surface area (TPSA) is 71.0 Å². The first kappa shape index (κ1) is 14.0. The van der Waals surface area contributed by atoms with Crippen LogP contribution in [-0.2, 0) is 11.2 Å². The summed E-state index contributed by atoms with van der Waals surface area (Å²) in [4.78, 5) is 26.5. The molecule has 1 aliphatic heterocycles. The van der Waals surface area contributed by atoms with E-state index in [4.69, 9.17) is 0 Å². The fraction of sp³-hybridized carbons (Fsp3) is 0.0625. The van der Waals surface area contributed by atoms with Crippen LogP contribution in [0.4, 0.5) is 11.4 Å². The van der Waals surface area contributed by atoms with E-state index in [1.165, 1.54) is 4.57 Å². The van der Waals surface area contributed by atoms with Crippen molar-refractivity contribution in [1.82, 2.24) is 14.8 Å². The largest absolute Gasteiger partial charge is 0.348 e. The summed E-state index contributed by atoms with van der Waals surface area (Å²) in [5, 5.41) is 6.39. The lowest BCUT2D eigenvalue weighted by atomic mass is 10.2. The number of fused-ring (bicyclic) bond motifs is 3. The lowest BCUT2D eigenvalue weighted by Crippen LogP contribution is -2.26. The zero-order valence-electron chi connectivity index (χ0n) is 11.9. The lowest BCUT2D eigenvalue weighted by molar-refractivity contribution is -0.117. The molecule has 0 aliphatic carbocycles. The van der Waals surface area contributed by atoms with E-state index in [0.29, 0.717) is 17.2 Å². The van der Waals surface area contributed by atoms with Crippen LogP contribution in [0.5, 0.6) is 0 Å². The molecule has 3 aromatic rings. The minimum absolute atomic E-state index is 0.0416. The number of halogens is 1. The van der Waals surface area contributed by atoms with Crippen molar-refractivity contribution >= 4 is 33.2 Å². The second kappa shape index (κ2) is 5.20. The predicted molar refractivity (Wildman–Crippen MR) is 89.2 cm³/mol. The average Bonchev–Trinajstić information content (AvgIpc) is 2.84. The van der Waals surface area contributed by atoms with E-state index in [1.807, 2.05) is 42.5 Å². The zero-order valence-corrected chi connectivity index (χ0v) is 13.4. The smallest absolute Gasteiger partial charge is 0.279 e. The number of hydrogen-bond donors (Lipinski definition) is 1. The first-order valence-corrected chi connectivity index (χ1v) is 7.78. The van der Waals surface area contributed by atoms with Gasteiger partial charge in [0.15, 0.2) is 0 Å². The molecule has 4 rings (SSSR count). The van der Waals surface area contributed by atoms with Crippen LogP contribution in [0.2, 0.25) is 0 Å². The minimum atomic E-state index is -0.355. The number of amides is 1. The number of aromatic amines is 1. The molecular weight excluding hydrogens is 360 g/mol. The molecule has 0 unspecified atom stereocenters. The number of para-hydroxylation sites is 1. The van der Waals surface area contributed by atoms with Crippen LogP contribution in [-0.4, -0.2) is 20.7 Å². The highest BCUT2D eigenvalue weighted by Crippen LogP contribution is 2.35. The molecule has 0 saturated heterocycles. The normalized spacial score (nSPS) is 13.4. The van der Waals surface area contributed by atoms with Gasteiger partial charge in [-0.3, -0.25) is 9.69 Å². The number of H-pyrrole nitrogens is 1. The number of carbonyl (C=O) groups excluding carboxylic acids is 1. The van der Waals surface area contributed by atoms with Crippen molar-refractivity contribution in [2.24, 2.45) is 0 Å². The van der Waals surface area contributed by atoms with Gasteiger partial charge in [-0.1, -0.05) is 34.1 Å². The molecule has 1 amide bonds. The molecule has 1 aliphatic rings. The summed E-state index contributed by atoms with van der Waals surface area (Å²) in [6.45, 7) is 0. The maximum absolute atomic E-state index is 12.8. The summed E-state index contributed by atoms with van der Waals surface area (Å²) in [5.41, 5.74) is 1.65. The van der Waals surface area contributed by atoms with E-state index in [-0.39, 0.29) is 18.0 Å². The molecule has 0 atom stereocenters. The maximum atomic E-state index is 12.8. The maximum Gasteiger partial charge on any atom is 0.348 e. The van der Waals surface area contributed by atoms with Gasteiger partial charge in [-0.15, -0.1) is 0 Å². The number of aromatic nitrogens is 3. The summed E-state index contributed by atoms with van der Waals surface area (Å²) in [7, 11) is 0. The molecule has 0 fully saturated rings. The fourth-order valence-corrected chi connectivity index (χ4v) is 3.12. The number of rotatable bonds is 1. The van der Waals surface area contributed by atoms with E-state index in [2.05, 4.69) is 26.1 Å². The van der Waals surface area contributed by atoms with E-state index in [0.717, 1.165) is 10.2 Å². The van der Waals surface area contributed by atoms with Crippen molar-refractivity contribution in [2.45, 2.75) is 6.42 Å². The second-order valence-corrected chi connectivity index (χ2v) is 6.07. The van der Waals surface area contributed by atoms with Crippen LogP contribution in [0, 0.1) is 0 Å². The standard InChI is InChI=1S/C16H11BrN4O2/c17-10-6-7-12-13(8-10)20(11-4-2-1-3-5-11)15(22)9-14-18-19-16(23)21(12)14/h1-8H,9H2,(H,19,23). The molecule has 114 valence electrons. The van der Waals surface area contributed by atoms with Gasteiger partial charge in [0.25, 0.3) is 0 Å². The van der Waals surface area contributed by atoms with Crippen LogP contribution in [0.1, 0.15) is 5.82 Å². The fourth-order valence-electron chi connectivity index (χ4n) is 2.77. The Morgan fingerprint density at radius 3 is 2.61 bits per heavy atom. The van der Waals surface area contributed by atoms with Gasteiger partial charge >= 0.3 is 5.69 Å². The third-order valence-corrected chi connectivity index (χ3v) is 4.23. The number of carbonyl (C=O) groups is 1. The van der Waals surface area contributed by atoms with Gasteiger partial charge in [-0.05, 0) is 30.3 Å². The number of benzene rings is 2. The summed E-state index contributed by atoms with van der Waals surface area (Å²) in [5.74, 6) is 0.260. The van der Waals surface area contributed by atoms with E-state index < -0.39 is 0 Å². The second-order valence-electron chi connectivity index (χ2n) is 5.15. The highest BCUT2D eigenvalue weighted by atomic mass is 79.9. The molecule has 0 saturated carbocycles. The van der Waals surface area contributed by atoms with Crippen molar-refractivity contribution in [2.75, 3.05) is 4.90 Å². The third-order valence-electron chi connectivity index (χ3n) is 3.73. The molecule has 0 spiro atoms. The van der Waals surface area contributed by atoms with Gasteiger partial charge in [-0.2, -0.15) is 5.10 Å². The summed E-state index contributed by atoms with van der Waals surface area (Å²) >= 11 is 3.44. The van der Waals surface area contributed by atoms with Crippen molar-refractivity contribution in [3.63, 3.8) is 0 Å². The van der Waals surface area contributed by atoms with E-state index in [1.54, 1.807) is 11.0 Å². The van der Waals surface area contributed by atoms with Gasteiger partial charge in [0.1, 0.15) is 5.82 Å². The van der Waals surface area contributed by atoms with Gasteiger partial charge in [0, 0.05) is 10.2 Å². The number of nitrogens with one attached hydrogen (secondary N) is 1. The molecule has 1 aromatic heterocycles. The predicted octanol–water partition coefficient (Wildman–Crippen LogP) is 2.54. The number of hydrogen-bond acceptors (Lipinski definition) is 3. The Kier molecular flexibility index (Phi) is 3.16. The Labute approximate surface area is 139 Å². The quantitative estimate of drug-likeness (QED) is 0.715. The molecular formula is C16H11BrN4O2.